The molecule has 0 unspecified atom stereocenters. The van der Waals surface area contributed by atoms with Gasteiger partial charge in [0.1, 0.15) is 0 Å². The molecular weight excluding hydrogens is 705 g/mol. The van der Waals surface area contributed by atoms with Crippen molar-refractivity contribution in [1.82, 2.24) is 19.9 Å². The Hall–Kier alpha value is -7.82. The number of fused-ring (bicyclic) bond motifs is 11. The van der Waals surface area contributed by atoms with Gasteiger partial charge in [0.25, 0.3) is 0 Å². The van der Waals surface area contributed by atoms with Gasteiger partial charge in [-0.1, -0.05) is 152 Å². The van der Waals surface area contributed by atoms with Crippen LogP contribution < -0.4 is 0 Å². The van der Waals surface area contributed by atoms with E-state index in [0.29, 0.717) is 5.82 Å². The zero-order valence-corrected chi connectivity index (χ0v) is 31.3. The van der Waals surface area contributed by atoms with Crippen molar-refractivity contribution in [2.45, 2.75) is 0 Å². The molecule has 3 aromatic heterocycles. The lowest BCUT2D eigenvalue weighted by Gasteiger charge is -2.15. The fraction of sp³-hybridized carbons (Fsp3) is 0. The fourth-order valence-electron chi connectivity index (χ4n) is 9.01. The number of pyridine rings is 2. The third-order valence-electron chi connectivity index (χ3n) is 11.7. The summed E-state index contributed by atoms with van der Waals surface area (Å²) in [6.07, 6.45) is 5.89. The van der Waals surface area contributed by atoms with E-state index in [-0.39, 0.29) is 0 Å². The lowest BCUT2D eigenvalue weighted by Crippen LogP contribution is -1.94. The summed E-state index contributed by atoms with van der Waals surface area (Å²) in [5.74, 6) is 0.677. The van der Waals surface area contributed by atoms with Crippen LogP contribution in [0.5, 0.6) is 0 Å². The highest BCUT2D eigenvalue weighted by molar-refractivity contribution is 6.28. The maximum Gasteiger partial charge on any atom is 0.159 e. The molecule has 0 atom stereocenters. The van der Waals surface area contributed by atoms with Crippen LogP contribution in [0.4, 0.5) is 0 Å². The Morgan fingerprint density at radius 1 is 0.293 bits per heavy atom. The molecule has 0 aliphatic heterocycles. The van der Waals surface area contributed by atoms with E-state index in [2.05, 4.69) is 176 Å². The van der Waals surface area contributed by atoms with Crippen molar-refractivity contribution in [2.75, 3.05) is 0 Å². The van der Waals surface area contributed by atoms with Crippen molar-refractivity contribution in [3.8, 4) is 44.9 Å². The lowest BCUT2D eigenvalue weighted by molar-refractivity contribution is 1.18. The van der Waals surface area contributed by atoms with Crippen LogP contribution in [0, 0.1) is 0 Å². The Bertz CT molecular complexity index is 3580. The number of nitrogens with zero attached hydrogens (tertiary/aromatic N) is 4. The molecule has 0 N–H and O–H groups in total. The van der Waals surface area contributed by atoms with Crippen LogP contribution in [0.3, 0.4) is 0 Å². The van der Waals surface area contributed by atoms with E-state index in [1.165, 1.54) is 48.7 Å². The van der Waals surface area contributed by atoms with Gasteiger partial charge in [-0.2, -0.15) is 0 Å². The molecule has 0 bridgehead atoms. The molecule has 3 heterocycles. The van der Waals surface area contributed by atoms with E-state index < -0.39 is 0 Å². The Morgan fingerprint density at radius 2 is 0.828 bits per heavy atom. The topological polar surface area (TPSA) is 51.6 Å². The summed E-state index contributed by atoms with van der Waals surface area (Å²) in [7, 11) is 0. The number of benzene rings is 9. The molecule has 12 aromatic rings. The normalized spacial score (nSPS) is 11.8. The van der Waals surface area contributed by atoms with Crippen LogP contribution in [0.15, 0.2) is 195 Å². The number of hydrogen-bond donors (Lipinski definition) is 0. The number of hydrogen-bond acceptors (Lipinski definition) is 4. The molecular formula is C54H32N4. The van der Waals surface area contributed by atoms with E-state index >= 15 is 0 Å². The first-order valence-electron chi connectivity index (χ1n) is 19.6. The van der Waals surface area contributed by atoms with Crippen molar-refractivity contribution >= 4 is 75.7 Å². The van der Waals surface area contributed by atoms with E-state index in [9.17, 15) is 0 Å². The highest BCUT2D eigenvalue weighted by Crippen LogP contribution is 2.41. The molecule has 0 spiro atoms. The van der Waals surface area contributed by atoms with Crippen LogP contribution in [-0.2, 0) is 0 Å². The minimum atomic E-state index is 0.677. The Balaban J connectivity index is 0.976. The molecule has 0 saturated carbocycles. The zero-order valence-electron chi connectivity index (χ0n) is 31.3. The molecule has 268 valence electrons. The zero-order chi connectivity index (χ0) is 38.2. The maximum absolute atomic E-state index is 5.32. The Labute approximate surface area is 333 Å². The van der Waals surface area contributed by atoms with Gasteiger partial charge < -0.3 is 0 Å². The summed E-state index contributed by atoms with van der Waals surface area (Å²) in [6, 6.07) is 62.5. The van der Waals surface area contributed by atoms with Gasteiger partial charge in [-0.05, 0) is 89.3 Å². The molecule has 58 heavy (non-hydrogen) atoms. The molecule has 4 heteroatoms. The SMILES string of the molecule is c1ccc2c(-c3cnc(-c4cc(-c5ccc6ccc7cc(-c8cccc9c%10ccccc%10c%10ccccc%10c89)cnc7c6n5)cc5ccccc45)nc3)cccc2c1. The predicted octanol–water partition coefficient (Wildman–Crippen LogP) is 14.0. The standard InChI is InChI=1S/C54H32N4/c1-3-14-40-33(11-1)13-9-20-42(40)39-31-56-54(57-32-39)49-29-37(27-35-12-2-4-15-41(35)49)50-26-25-34-23-24-36-28-38(30-55-52(36)53(34)58-50)43-21-10-22-48-46-17-6-5-16-44(46)45-18-7-8-19-47(45)51(43)48/h1-32H. The monoisotopic (exact) mass is 736 g/mol. The van der Waals surface area contributed by atoms with Gasteiger partial charge >= 0.3 is 0 Å². The molecule has 0 fully saturated rings. The van der Waals surface area contributed by atoms with E-state index in [4.69, 9.17) is 19.9 Å². The van der Waals surface area contributed by atoms with Gasteiger partial charge in [0.15, 0.2) is 5.82 Å². The van der Waals surface area contributed by atoms with Gasteiger partial charge in [0, 0.05) is 51.6 Å². The first kappa shape index (κ1) is 32.4. The Kier molecular flexibility index (Phi) is 7.20. The first-order valence-corrected chi connectivity index (χ1v) is 19.6. The van der Waals surface area contributed by atoms with Crippen LogP contribution in [0.25, 0.3) is 121 Å². The summed E-state index contributed by atoms with van der Waals surface area (Å²) in [5, 5.41) is 14.2. The number of aromatic nitrogens is 4. The fourth-order valence-corrected chi connectivity index (χ4v) is 9.01. The lowest BCUT2D eigenvalue weighted by atomic mass is 9.89. The van der Waals surface area contributed by atoms with Crippen molar-refractivity contribution in [1.29, 1.82) is 0 Å². The van der Waals surface area contributed by atoms with Crippen molar-refractivity contribution in [3.63, 3.8) is 0 Å². The second-order valence-electron chi connectivity index (χ2n) is 15.0. The molecule has 0 aliphatic rings. The first-order chi connectivity index (χ1) is 28.7. The summed E-state index contributed by atoms with van der Waals surface area (Å²) >= 11 is 0. The predicted molar refractivity (Wildman–Crippen MR) is 242 cm³/mol. The van der Waals surface area contributed by atoms with Crippen LogP contribution >= 0.6 is 0 Å². The van der Waals surface area contributed by atoms with Crippen LogP contribution in [0.1, 0.15) is 0 Å². The van der Waals surface area contributed by atoms with Crippen molar-refractivity contribution < 1.29 is 0 Å². The summed E-state index contributed by atoms with van der Waals surface area (Å²) in [5.41, 5.74) is 8.96. The Morgan fingerprint density at radius 3 is 1.60 bits per heavy atom. The second kappa shape index (κ2) is 12.9. The van der Waals surface area contributed by atoms with Gasteiger partial charge in [0.2, 0.25) is 0 Å². The second-order valence-corrected chi connectivity index (χ2v) is 15.0. The minimum Gasteiger partial charge on any atom is -0.253 e. The number of rotatable bonds is 4. The quantitative estimate of drug-likeness (QED) is 0.169. The largest absolute Gasteiger partial charge is 0.253 e. The van der Waals surface area contributed by atoms with Gasteiger partial charge in [0.05, 0.1) is 16.7 Å². The molecule has 0 saturated heterocycles. The van der Waals surface area contributed by atoms with Gasteiger partial charge in [-0.25, -0.2) is 15.0 Å². The van der Waals surface area contributed by atoms with Gasteiger partial charge in [-0.15, -0.1) is 0 Å². The highest BCUT2D eigenvalue weighted by atomic mass is 14.9. The highest BCUT2D eigenvalue weighted by Gasteiger charge is 2.16. The van der Waals surface area contributed by atoms with E-state index in [1.807, 2.05) is 18.6 Å². The molecule has 0 amide bonds. The van der Waals surface area contributed by atoms with Gasteiger partial charge in [-0.3, -0.25) is 4.98 Å². The molecule has 0 aliphatic carbocycles. The smallest absolute Gasteiger partial charge is 0.159 e. The molecule has 0 radical (unpaired) electrons. The van der Waals surface area contributed by atoms with Crippen LogP contribution in [-0.4, -0.2) is 19.9 Å². The van der Waals surface area contributed by atoms with E-state index in [1.54, 1.807) is 0 Å². The average Bonchev–Trinajstić information content (AvgIpc) is 3.30. The summed E-state index contributed by atoms with van der Waals surface area (Å²) in [6.45, 7) is 0. The van der Waals surface area contributed by atoms with E-state index in [0.717, 1.165) is 66.1 Å². The third-order valence-corrected chi connectivity index (χ3v) is 11.7. The van der Waals surface area contributed by atoms with Crippen LogP contribution in [0.2, 0.25) is 0 Å². The molecule has 9 aromatic carbocycles. The summed E-state index contributed by atoms with van der Waals surface area (Å²) < 4.78 is 0. The summed E-state index contributed by atoms with van der Waals surface area (Å²) in [4.78, 5) is 20.4. The third kappa shape index (κ3) is 5.09. The molecule has 12 rings (SSSR count). The maximum atomic E-state index is 5.32. The average molecular weight is 737 g/mol. The molecule has 4 nitrogen and oxygen atoms in total. The van der Waals surface area contributed by atoms with Crippen molar-refractivity contribution in [3.05, 3.63) is 195 Å². The van der Waals surface area contributed by atoms with Crippen molar-refractivity contribution in [2.24, 2.45) is 0 Å². The minimum absolute atomic E-state index is 0.677.